The van der Waals surface area contributed by atoms with E-state index < -0.39 is 10.0 Å². The molecule has 2 aliphatic rings. The van der Waals surface area contributed by atoms with Crippen LogP contribution < -0.4 is 5.32 Å². The molecule has 1 aliphatic carbocycles. The Bertz CT molecular complexity index is 930. The molecule has 1 N–H and O–H groups in total. The van der Waals surface area contributed by atoms with Crippen molar-refractivity contribution in [3.63, 3.8) is 0 Å². The summed E-state index contributed by atoms with van der Waals surface area (Å²) in [6.45, 7) is 3.82. The molecule has 0 unspecified atom stereocenters. The Labute approximate surface area is 162 Å². The third-order valence-electron chi connectivity index (χ3n) is 5.22. The van der Waals surface area contributed by atoms with Gasteiger partial charge < -0.3 is 9.84 Å². The topological polar surface area (TPSA) is 105 Å². The van der Waals surface area contributed by atoms with Crippen LogP contribution in [0, 0.1) is 19.8 Å². The normalized spacial score (nSPS) is 18.6. The highest BCUT2D eigenvalue weighted by Gasteiger charge is 2.35. The second kappa shape index (κ2) is 6.99. The Balaban J connectivity index is 1.39. The second-order valence-electron chi connectivity index (χ2n) is 7.06. The van der Waals surface area contributed by atoms with Crippen molar-refractivity contribution in [2.24, 2.45) is 5.92 Å². The van der Waals surface area contributed by atoms with Crippen molar-refractivity contribution >= 4 is 32.4 Å². The number of sulfonamides is 1. The molecule has 0 atom stereocenters. The fourth-order valence-electron chi connectivity index (χ4n) is 3.78. The smallest absolute Gasteiger partial charge is 0.248 e. The number of nitrogens with zero attached hydrogens (tertiary/aromatic N) is 3. The molecule has 8 nitrogen and oxygen atoms in total. The Hall–Kier alpha value is -1.78. The van der Waals surface area contributed by atoms with Gasteiger partial charge in [-0.3, -0.25) is 4.79 Å². The lowest BCUT2D eigenvalue weighted by atomic mass is 9.97. The van der Waals surface area contributed by atoms with E-state index in [9.17, 15) is 13.2 Å². The number of aromatic nitrogens is 2. The summed E-state index contributed by atoms with van der Waals surface area (Å²) >= 11 is 1.55. The summed E-state index contributed by atoms with van der Waals surface area (Å²) in [5.74, 6) is 0.0147. The van der Waals surface area contributed by atoms with Gasteiger partial charge in [-0.15, -0.1) is 11.3 Å². The molecular formula is C17H22N4O4S2. The van der Waals surface area contributed by atoms with Crippen LogP contribution in [0.15, 0.2) is 9.42 Å². The third kappa shape index (κ3) is 3.41. The number of piperidine rings is 1. The predicted molar refractivity (Wildman–Crippen MR) is 100 cm³/mol. The van der Waals surface area contributed by atoms with Gasteiger partial charge >= 0.3 is 0 Å². The van der Waals surface area contributed by atoms with Gasteiger partial charge in [0.05, 0.1) is 5.69 Å². The first kappa shape index (κ1) is 18.6. The average molecular weight is 411 g/mol. The number of aryl methyl sites for hydroxylation is 4. The fraction of sp³-hybridized carbons (Fsp3) is 0.588. The molecule has 146 valence electrons. The first-order chi connectivity index (χ1) is 12.9. The van der Waals surface area contributed by atoms with E-state index in [4.69, 9.17) is 4.52 Å². The molecule has 3 heterocycles. The van der Waals surface area contributed by atoms with Crippen LogP contribution in [0.1, 0.15) is 41.3 Å². The third-order valence-corrected chi connectivity index (χ3v) is 8.43. The molecule has 27 heavy (non-hydrogen) atoms. The fourth-order valence-corrected chi connectivity index (χ4v) is 6.60. The Morgan fingerprint density at radius 3 is 2.63 bits per heavy atom. The van der Waals surface area contributed by atoms with Crippen molar-refractivity contribution in [2.75, 3.05) is 18.4 Å². The van der Waals surface area contributed by atoms with Gasteiger partial charge in [-0.05, 0) is 46.0 Å². The highest BCUT2D eigenvalue weighted by Crippen LogP contribution is 2.32. The zero-order valence-corrected chi connectivity index (χ0v) is 17.0. The zero-order valence-electron chi connectivity index (χ0n) is 15.3. The van der Waals surface area contributed by atoms with Gasteiger partial charge in [0.2, 0.25) is 15.9 Å². The standard InChI is InChI=1S/C17H22N4O4S2/c1-10-15(11(2)25-20-10)27(23,24)21-8-6-12(7-9-21)16(22)19-17-18-13-4-3-5-14(13)26-17/h12H,3-9H2,1-2H3,(H,18,19,22). The molecule has 2 aromatic rings. The molecule has 10 heteroatoms. The largest absolute Gasteiger partial charge is 0.360 e. The van der Waals surface area contributed by atoms with Crippen LogP contribution in [0.3, 0.4) is 0 Å². The molecule has 1 aliphatic heterocycles. The maximum Gasteiger partial charge on any atom is 0.248 e. The summed E-state index contributed by atoms with van der Waals surface area (Å²) in [6, 6.07) is 0. The van der Waals surface area contributed by atoms with E-state index in [-0.39, 0.29) is 16.7 Å². The first-order valence-electron chi connectivity index (χ1n) is 9.08. The van der Waals surface area contributed by atoms with Crippen LogP contribution in [0.25, 0.3) is 0 Å². The van der Waals surface area contributed by atoms with Crippen molar-refractivity contribution in [1.29, 1.82) is 0 Å². The SMILES string of the molecule is Cc1noc(C)c1S(=O)(=O)N1CCC(C(=O)Nc2nc3c(s2)CCC3)CC1. The summed E-state index contributed by atoms with van der Waals surface area (Å²) < 4.78 is 32.1. The highest BCUT2D eigenvalue weighted by atomic mass is 32.2. The number of fused-ring (bicyclic) bond motifs is 1. The summed E-state index contributed by atoms with van der Waals surface area (Å²) in [5, 5.41) is 7.32. The molecule has 0 saturated carbocycles. The van der Waals surface area contributed by atoms with Crippen LogP contribution in [0.4, 0.5) is 5.13 Å². The van der Waals surface area contributed by atoms with Gasteiger partial charge in [-0.25, -0.2) is 13.4 Å². The van der Waals surface area contributed by atoms with E-state index in [1.54, 1.807) is 25.2 Å². The molecule has 1 saturated heterocycles. The number of thiazole rings is 1. The zero-order chi connectivity index (χ0) is 19.2. The lowest BCUT2D eigenvalue weighted by Crippen LogP contribution is -2.41. The lowest BCUT2D eigenvalue weighted by molar-refractivity contribution is -0.120. The maximum absolute atomic E-state index is 12.9. The van der Waals surface area contributed by atoms with E-state index in [1.165, 1.54) is 9.18 Å². The highest BCUT2D eigenvalue weighted by molar-refractivity contribution is 7.89. The number of carbonyl (C=O) groups is 1. The molecular weight excluding hydrogens is 388 g/mol. The summed E-state index contributed by atoms with van der Waals surface area (Å²) in [5.41, 5.74) is 1.47. The van der Waals surface area contributed by atoms with E-state index in [0.717, 1.165) is 25.0 Å². The molecule has 0 aromatic carbocycles. The minimum atomic E-state index is -3.65. The molecule has 2 aromatic heterocycles. The predicted octanol–water partition coefficient (Wildman–Crippen LogP) is 2.28. The van der Waals surface area contributed by atoms with Crippen molar-refractivity contribution in [3.05, 3.63) is 22.0 Å². The van der Waals surface area contributed by atoms with Crippen molar-refractivity contribution in [2.45, 2.75) is 50.8 Å². The Morgan fingerprint density at radius 1 is 1.26 bits per heavy atom. The number of rotatable bonds is 4. The number of nitrogens with one attached hydrogen (secondary N) is 1. The molecule has 1 fully saturated rings. The quantitative estimate of drug-likeness (QED) is 0.829. The summed E-state index contributed by atoms with van der Waals surface area (Å²) in [7, 11) is -3.65. The molecule has 1 amide bonds. The van der Waals surface area contributed by atoms with Crippen LogP contribution in [0.5, 0.6) is 0 Å². The summed E-state index contributed by atoms with van der Waals surface area (Å²) in [6.07, 6.45) is 4.14. The molecule has 4 rings (SSSR count). The van der Waals surface area contributed by atoms with Gasteiger partial charge in [0.15, 0.2) is 10.9 Å². The van der Waals surface area contributed by atoms with Crippen molar-refractivity contribution in [1.82, 2.24) is 14.4 Å². The monoisotopic (exact) mass is 410 g/mol. The van der Waals surface area contributed by atoms with Gasteiger partial charge in [-0.1, -0.05) is 5.16 Å². The number of hydrogen-bond acceptors (Lipinski definition) is 7. The van der Waals surface area contributed by atoms with Gasteiger partial charge in [0, 0.05) is 23.9 Å². The minimum absolute atomic E-state index is 0.0724. The van der Waals surface area contributed by atoms with Crippen LogP contribution >= 0.6 is 11.3 Å². The number of amides is 1. The van der Waals surface area contributed by atoms with Crippen LogP contribution in [0.2, 0.25) is 0 Å². The number of carbonyl (C=O) groups excluding carboxylic acids is 1. The second-order valence-corrected chi connectivity index (χ2v) is 10.0. The van der Waals surface area contributed by atoms with E-state index >= 15 is 0 Å². The minimum Gasteiger partial charge on any atom is -0.360 e. The Morgan fingerprint density at radius 2 is 2.00 bits per heavy atom. The van der Waals surface area contributed by atoms with Crippen molar-refractivity contribution in [3.8, 4) is 0 Å². The van der Waals surface area contributed by atoms with Gasteiger partial charge in [-0.2, -0.15) is 4.31 Å². The summed E-state index contributed by atoms with van der Waals surface area (Å²) in [4.78, 5) is 18.5. The van der Waals surface area contributed by atoms with Crippen LogP contribution in [-0.2, 0) is 27.7 Å². The van der Waals surface area contributed by atoms with Gasteiger partial charge in [0.1, 0.15) is 10.6 Å². The lowest BCUT2D eigenvalue weighted by Gasteiger charge is -2.30. The number of anilines is 1. The Kier molecular flexibility index (Phi) is 4.81. The number of hydrogen-bond donors (Lipinski definition) is 1. The molecule has 0 bridgehead atoms. The van der Waals surface area contributed by atoms with Crippen molar-refractivity contribution < 1.29 is 17.7 Å². The molecule has 0 radical (unpaired) electrons. The van der Waals surface area contributed by atoms with Crippen LogP contribution in [-0.4, -0.2) is 41.9 Å². The average Bonchev–Trinajstić information content (AvgIpc) is 3.30. The van der Waals surface area contributed by atoms with E-state index in [2.05, 4.69) is 15.5 Å². The molecule has 0 spiro atoms. The van der Waals surface area contributed by atoms with E-state index in [1.807, 2.05) is 0 Å². The van der Waals surface area contributed by atoms with E-state index in [0.29, 0.717) is 42.5 Å². The first-order valence-corrected chi connectivity index (χ1v) is 11.3. The van der Waals surface area contributed by atoms with Gasteiger partial charge in [0.25, 0.3) is 0 Å². The maximum atomic E-state index is 12.9.